The number of esters is 2. The molecule has 0 radical (unpaired) electrons. The van der Waals surface area contributed by atoms with Gasteiger partial charge in [0, 0.05) is 18.5 Å². The summed E-state index contributed by atoms with van der Waals surface area (Å²) in [6.45, 7) is 3.84. The predicted molar refractivity (Wildman–Crippen MR) is 116 cm³/mol. The first-order chi connectivity index (χ1) is 15.3. The highest BCUT2D eigenvalue weighted by Gasteiger charge is 2.18. The molecule has 0 atom stereocenters. The number of amides is 2. The molecule has 1 aromatic heterocycles. The van der Waals surface area contributed by atoms with Crippen LogP contribution in [0.5, 0.6) is 0 Å². The van der Waals surface area contributed by atoms with Gasteiger partial charge in [0.25, 0.3) is 5.91 Å². The van der Waals surface area contributed by atoms with Gasteiger partial charge in [0.2, 0.25) is 5.91 Å². The van der Waals surface area contributed by atoms with Crippen molar-refractivity contribution in [3.05, 3.63) is 45.5 Å². The highest BCUT2D eigenvalue weighted by molar-refractivity contribution is 7.17. The molecule has 0 bridgehead atoms. The van der Waals surface area contributed by atoms with Crippen molar-refractivity contribution in [1.29, 1.82) is 5.26 Å². The predicted octanol–water partition coefficient (Wildman–Crippen LogP) is 2.44. The molecule has 11 heteroatoms. The third kappa shape index (κ3) is 6.61. The van der Waals surface area contributed by atoms with Crippen LogP contribution in [0.15, 0.2) is 18.2 Å². The number of rotatable bonds is 9. The Balaban J connectivity index is 1.92. The summed E-state index contributed by atoms with van der Waals surface area (Å²) in [6, 6.07) is 5.83. The fraction of sp³-hybridized carbons (Fsp3) is 0.333. The molecule has 1 aromatic carbocycles. The van der Waals surface area contributed by atoms with Gasteiger partial charge in [-0.2, -0.15) is 5.26 Å². The molecule has 2 rings (SSSR count). The second kappa shape index (κ2) is 11.6. The molecule has 2 N–H and O–H groups in total. The lowest BCUT2D eigenvalue weighted by Gasteiger charge is -2.07. The Morgan fingerprint density at radius 3 is 2.53 bits per heavy atom. The van der Waals surface area contributed by atoms with Crippen molar-refractivity contribution in [1.82, 2.24) is 10.3 Å². The molecule has 10 nitrogen and oxygen atoms in total. The minimum Gasteiger partial charge on any atom is -0.465 e. The number of carbonyl (C=O) groups is 4. The third-order valence-corrected chi connectivity index (χ3v) is 5.10. The number of aromatic nitrogens is 1. The molecular formula is C21H22N4O6S. The molecular weight excluding hydrogens is 436 g/mol. The first kappa shape index (κ1) is 24.5. The normalized spacial score (nSPS) is 10.1. The van der Waals surface area contributed by atoms with E-state index in [4.69, 9.17) is 10.00 Å². The van der Waals surface area contributed by atoms with Crippen molar-refractivity contribution in [3.63, 3.8) is 0 Å². The lowest BCUT2D eigenvalue weighted by Crippen LogP contribution is -2.28. The van der Waals surface area contributed by atoms with Gasteiger partial charge in [-0.1, -0.05) is 18.3 Å². The van der Waals surface area contributed by atoms with Crippen LogP contribution in [-0.2, 0) is 14.3 Å². The smallest absolute Gasteiger partial charge is 0.350 e. The number of anilines is 1. The minimum absolute atomic E-state index is 0.00472. The maximum atomic E-state index is 12.4. The average molecular weight is 458 g/mol. The van der Waals surface area contributed by atoms with Gasteiger partial charge < -0.3 is 20.1 Å². The molecule has 0 aliphatic carbocycles. The summed E-state index contributed by atoms with van der Waals surface area (Å²) >= 11 is 1.01. The zero-order chi connectivity index (χ0) is 23.7. The fourth-order valence-electron chi connectivity index (χ4n) is 2.53. The summed E-state index contributed by atoms with van der Waals surface area (Å²) in [5.74, 6) is -2.12. The second-order valence-corrected chi connectivity index (χ2v) is 7.53. The van der Waals surface area contributed by atoms with Crippen LogP contribution in [0.4, 0.5) is 5.13 Å². The Bertz CT molecular complexity index is 1070. The lowest BCUT2D eigenvalue weighted by atomic mass is 10.1. The largest absolute Gasteiger partial charge is 0.465 e. The highest BCUT2D eigenvalue weighted by Crippen LogP contribution is 2.23. The number of hydrogen-bond acceptors (Lipinski definition) is 9. The maximum Gasteiger partial charge on any atom is 0.350 e. The molecule has 0 saturated heterocycles. The van der Waals surface area contributed by atoms with E-state index in [1.54, 1.807) is 6.92 Å². The zero-order valence-electron chi connectivity index (χ0n) is 17.8. The van der Waals surface area contributed by atoms with E-state index >= 15 is 0 Å². The van der Waals surface area contributed by atoms with Crippen LogP contribution in [0.2, 0.25) is 0 Å². The summed E-state index contributed by atoms with van der Waals surface area (Å²) in [5.41, 5.74) is 0.749. The van der Waals surface area contributed by atoms with Crippen LogP contribution < -0.4 is 10.6 Å². The Labute approximate surface area is 188 Å². The van der Waals surface area contributed by atoms with Crippen LogP contribution in [0, 0.1) is 18.3 Å². The number of methoxy groups -OCH3 is 1. The Morgan fingerprint density at radius 1 is 1.16 bits per heavy atom. The van der Waals surface area contributed by atoms with Crippen LogP contribution in [0.1, 0.15) is 61.4 Å². The van der Waals surface area contributed by atoms with Gasteiger partial charge in [-0.25, -0.2) is 14.6 Å². The van der Waals surface area contributed by atoms with Crippen molar-refractivity contribution >= 4 is 40.2 Å². The average Bonchev–Trinajstić information content (AvgIpc) is 3.15. The van der Waals surface area contributed by atoms with Crippen LogP contribution in [-0.4, -0.2) is 49.0 Å². The number of carbonyl (C=O) groups excluding carboxylic acids is 4. The van der Waals surface area contributed by atoms with E-state index in [-0.39, 0.29) is 34.8 Å². The quantitative estimate of drug-likeness (QED) is 0.545. The highest BCUT2D eigenvalue weighted by atomic mass is 32.1. The van der Waals surface area contributed by atoms with Crippen LogP contribution in [0.3, 0.4) is 0 Å². The van der Waals surface area contributed by atoms with E-state index in [9.17, 15) is 19.2 Å². The van der Waals surface area contributed by atoms with Gasteiger partial charge in [-0.05, 0) is 31.5 Å². The van der Waals surface area contributed by atoms with Crippen molar-refractivity contribution in [3.8, 4) is 6.07 Å². The molecule has 0 unspecified atom stereocenters. The van der Waals surface area contributed by atoms with E-state index in [0.29, 0.717) is 23.6 Å². The number of ether oxygens (including phenoxy) is 2. The molecule has 1 heterocycles. The molecule has 32 heavy (non-hydrogen) atoms. The molecule has 2 amide bonds. The number of thiazole rings is 1. The minimum atomic E-state index is -0.674. The standard InChI is InChI=1S/C21H22N4O6S/c1-4-7-31-20(29)17-12(2)24-21(32-17)25-16(26)5-6-23-18(27)14-8-13(11-22)9-15(10-14)19(28)30-3/h8-10H,4-7H2,1-3H3,(H,23,27)(H,24,25,26). The van der Waals surface area contributed by atoms with E-state index in [1.807, 2.05) is 13.0 Å². The van der Waals surface area contributed by atoms with Crippen molar-refractivity contribution in [2.24, 2.45) is 0 Å². The van der Waals surface area contributed by atoms with Crippen molar-refractivity contribution < 1.29 is 28.7 Å². The van der Waals surface area contributed by atoms with Gasteiger partial charge in [-0.15, -0.1) is 0 Å². The number of nitrogens with zero attached hydrogens (tertiary/aromatic N) is 2. The van der Waals surface area contributed by atoms with Crippen molar-refractivity contribution in [2.45, 2.75) is 26.7 Å². The molecule has 0 spiro atoms. The Hall–Kier alpha value is -3.78. The van der Waals surface area contributed by atoms with E-state index in [0.717, 1.165) is 11.3 Å². The SMILES string of the molecule is CCCOC(=O)c1sc(NC(=O)CCNC(=O)c2cc(C#N)cc(C(=O)OC)c2)nc1C. The number of benzene rings is 1. The molecule has 0 fully saturated rings. The number of nitrogens with one attached hydrogen (secondary N) is 2. The fourth-order valence-corrected chi connectivity index (χ4v) is 3.41. The number of aryl methyl sites for hydroxylation is 1. The Morgan fingerprint density at radius 2 is 1.88 bits per heavy atom. The Kier molecular flexibility index (Phi) is 8.85. The van der Waals surface area contributed by atoms with E-state index < -0.39 is 23.8 Å². The molecule has 168 valence electrons. The van der Waals surface area contributed by atoms with Crippen LogP contribution >= 0.6 is 11.3 Å². The lowest BCUT2D eigenvalue weighted by molar-refractivity contribution is -0.116. The third-order valence-electron chi connectivity index (χ3n) is 4.05. The van der Waals surface area contributed by atoms with Gasteiger partial charge in [0.1, 0.15) is 4.88 Å². The van der Waals surface area contributed by atoms with Crippen LogP contribution in [0.25, 0.3) is 0 Å². The summed E-state index contributed by atoms with van der Waals surface area (Å²) in [4.78, 5) is 52.7. The molecule has 0 aliphatic heterocycles. The summed E-state index contributed by atoms with van der Waals surface area (Å²) in [7, 11) is 1.20. The summed E-state index contributed by atoms with van der Waals surface area (Å²) in [5, 5.41) is 14.5. The van der Waals surface area contributed by atoms with E-state index in [2.05, 4.69) is 20.4 Å². The molecule has 2 aromatic rings. The summed E-state index contributed by atoms with van der Waals surface area (Å²) in [6.07, 6.45) is 0.644. The van der Waals surface area contributed by atoms with Gasteiger partial charge in [0.15, 0.2) is 5.13 Å². The van der Waals surface area contributed by atoms with Crippen molar-refractivity contribution in [2.75, 3.05) is 25.6 Å². The zero-order valence-corrected chi connectivity index (χ0v) is 18.6. The number of nitriles is 1. The second-order valence-electron chi connectivity index (χ2n) is 6.53. The molecule has 0 aliphatic rings. The number of hydrogen-bond donors (Lipinski definition) is 2. The maximum absolute atomic E-state index is 12.4. The van der Waals surface area contributed by atoms with Gasteiger partial charge in [-0.3, -0.25) is 9.59 Å². The summed E-state index contributed by atoms with van der Waals surface area (Å²) < 4.78 is 9.70. The topological polar surface area (TPSA) is 147 Å². The van der Waals surface area contributed by atoms with Gasteiger partial charge >= 0.3 is 11.9 Å². The van der Waals surface area contributed by atoms with E-state index in [1.165, 1.54) is 25.3 Å². The monoisotopic (exact) mass is 458 g/mol. The van der Waals surface area contributed by atoms with Gasteiger partial charge in [0.05, 0.1) is 36.6 Å². The first-order valence-corrected chi connectivity index (χ1v) is 10.5. The molecule has 0 saturated carbocycles. The first-order valence-electron chi connectivity index (χ1n) is 9.65.